The van der Waals surface area contributed by atoms with E-state index in [-0.39, 0.29) is 0 Å². The Morgan fingerprint density at radius 1 is 1.19 bits per heavy atom. The van der Waals surface area contributed by atoms with E-state index in [9.17, 15) is 0 Å². The maximum atomic E-state index is 4.74. The molecule has 0 N–H and O–H groups in total. The van der Waals surface area contributed by atoms with Crippen LogP contribution in [-0.2, 0) is 0 Å². The Labute approximate surface area is 98.6 Å². The smallest absolute Gasteiger partial charge is 0.0530 e. The highest BCUT2D eigenvalue weighted by Crippen LogP contribution is 2.47. The van der Waals surface area contributed by atoms with Crippen molar-refractivity contribution in [1.29, 1.82) is 0 Å². The molecule has 3 rings (SSSR count). The molecule has 0 spiro atoms. The highest BCUT2D eigenvalue weighted by Gasteiger charge is 2.45. The van der Waals surface area contributed by atoms with Crippen molar-refractivity contribution in [3.8, 4) is 0 Å². The number of aliphatic imine (C=N–C) groups is 1. The van der Waals surface area contributed by atoms with Crippen LogP contribution in [-0.4, -0.2) is 20.3 Å². The summed E-state index contributed by atoms with van der Waals surface area (Å²) in [5, 5.41) is 0. The van der Waals surface area contributed by atoms with E-state index < -0.39 is 8.07 Å². The molecule has 2 aliphatic rings. The molecule has 1 aromatic rings. The van der Waals surface area contributed by atoms with Crippen LogP contribution in [0.2, 0.25) is 19.6 Å². The first kappa shape index (κ1) is 10.3. The van der Waals surface area contributed by atoms with Crippen LogP contribution in [0, 0.1) is 5.92 Å². The van der Waals surface area contributed by atoms with E-state index in [1.54, 1.807) is 5.56 Å². The Hall–Kier alpha value is -0.893. The van der Waals surface area contributed by atoms with Crippen molar-refractivity contribution in [2.45, 2.75) is 31.6 Å². The molecule has 0 bridgehead atoms. The predicted molar refractivity (Wildman–Crippen MR) is 72.0 cm³/mol. The average molecular weight is 229 g/mol. The van der Waals surface area contributed by atoms with Crippen molar-refractivity contribution in [3.05, 3.63) is 35.4 Å². The molecule has 0 aromatic heterocycles. The van der Waals surface area contributed by atoms with Crippen LogP contribution in [0.4, 0.5) is 0 Å². The monoisotopic (exact) mass is 229 g/mol. The van der Waals surface area contributed by atoms with E-state index in [1.165, 1.54) is 17.7 Å². The topological polar surface area (TPSA) is 12.4 Å². The van der Waals surface area contributed by atoms with Gasteiger partial charge in [-0.25, -0.2) is 0 Å². The number of hydrogen-bond acceptors (Lipinski definition) is 1. The molecule has 2 heteroatoms. The van der Waals surface area contributed by atoms with Gasteiger partial charge in [0.15, 0.2) is 0 Å². The second kappa shape index (κ2) is 3.30. The molecule has 0 unspecified atom stereocenters. The van der Waals surface area contributed by atoms with E-state index in [0.717, 1.165) is 18.0 Å². The predicted octanol–water partition coefficient (Wildman–Crippen LogP) is 3.47. The zero-order valence-corrected chi connectivity index (χ0v) is 11.3. The van der Waals surface area contributed by atoms with Gasteiger partial charge in [0.05, 0.1) is 8.07 Å². The second-order valence-corrected chi connectivity index (χ2v) is 11.4. The SMILES string of the molecule is C[Si](C)(C)[C@H]1c2ccccc2C2=NCC[C@@H]21. The van der Waals surface area contributed by atoms with Gasteiger partial charge in [0, 0.05) is 18.2 Å². The summed E-state index contributed by atoms with van der Waals surface area (Å²) in [5.74, 6) is 0.740. The highest BCUT2D eigenvalue weighted by molar-refractivity contribution is 6.78. The Morgan fingerprint density at radius 3 is 2.69 bits per heavy atom. The lowest BCUT2D eigenvalue weighted by molar-refractivity contribution is 0.653. The van der Waals surface area contributed by atoms with Crippen LogP contribution >= 0.6 is 0 Å². The first-order valence-electron chi connectivity index (χ1n) is 6.22. The third kappa shape index (κ3) is 1.32. The molecule has 0 saturated carbocycles. The van der Waals surface area contributed by atoms with Crippen LogP contribution in [0.15, 0.2) is 29.3 Å². The van der Waals surface area contributed by atoms with Crippen molar-refractivity contribution in [2.75, 3.05) is 6.54 Å². The summed E-state index contributed by atoms with van der Waals surface area (Å²) in [5.41, 5.74) is 5.26. The minimum absolute atomic E-state index is 0.740. The van der Waals surface area contributed by atoms with E-state index >= 15 is 0 Å². The van der Waals surface area contributed by atoms with Gasteiger partial charge in [0.25, 0.3) is 0 Å². The fourth-order valence-corrected chi connectivity index (χ4v) is 6.19. The Balaban J connectivity index is 2.18. The number of nitrogens with zero attached hydrogens (tertiary/aromatic N) is 1. The molecular weight excluding hydrogens is 210 g/mol. The third-order valence-electron chi connectivity index (χ3n) is 3.98. The summed E-state index contributed by atoms with van der Waals surface area (Å²) in [6.45, 7) is 8.54. The molecule has 0 radical (unpaired) electrons. The van der Waals surface area contributed by atoms with Crippen LogP contribution in [0.5, 0.6) is 0 Å². The van der Waals surface area contributed by atoms with Gasteiger partial charge in [0.1, 0.15) is 0 Å². The van der Waals surface area contributed by atoms with E-state index in [4.69, 9.17) is 4.99 Å². The molecule has 0 saturated heterocycles. The number of rotatable bonds is 1. The standard InChI is InChI=1S/C14H19NSi/c1-16(2,3)14-11-7-5-4-6-10(11)13-12(14)8-9-15-13/h4-7,12,14H,8-9H2,1-3H3/t12-,14-/m0/s1. The minimum atomic E-state index is -1.14. The summed E-state index contributed by atoms with van der Waals surface area (Å²) < 4.78 is 0. The largest absolute Gasteiger partial charge is 0.289 e. The van der Waals surface area contributed by atoms with Crippen LogP contribution in [0.1, 0.15) is 23.1 Å². The summed E-state index contributed by atoms with van der Waals surface area (Å²) in [4.78, 5) is 4.74. The fraction of sp³-hybridized carbons (Fsp3) is 0.500. The molecule has 16 heavy (non-hydrogen) atoms. The Kier molecular flexibility index (Phi) is 2.12. The lowest BCUT2D eigenvalue weighted by Gasteiger charge is -2.30. The van der Waals surface area contributed by atoms with Crippen molar-refractivity contribution in [2.24, 2.45) is 10.9 Å². The highest BCUT2D eigenvalue weighted by atomic mass is 28.3. The zero-order valence-electron chi connectivity index (χ0n) is 10.3. The molecular formula is C14H19NSi. The molecule has 1 aliphatic carbocycles. The lowest BCUT2D eigenvalue weighted by Crippen LogP contribution is -2.34. The Morgan fingerprint density at radius 2 is 1.94 bits per heavy atom. The summed E-state index contributed by atoms with van der Waals surface area (Å²) in [6, 6.07) is 8.95. The molecule has 2 atom stereocenters. The zero-order chi connectivity index (χ0) is 11.3. The quantitative estimate of drug-likeness (QED) is 0.654. The van der Waals surface area contributed by atoms with Crippen LogP contribution in [0.3, 0.4) is 0 Å². The molecule has 84 valence electrons. The molecule has 0 fully saturated rings. The van der Waals surface area contributed by atoms with Crippen molar-refractivity contribution < 1.29 is 0 Å². The average Bonchev–Trinajstić information content (AvgIpc) is 2.73. The first-order valence-corrected chi connectivity index (χ1v) is 9.80. The van der Waals surface area contributed by atoms with Gasteiger partial charge in [-0.3, -0.25) is 4.99 Å². The van der Waals surface area contributed by atoms with Gasteiger partial charge in [-0.2, -0.15) is 0 Å². The van der Waals surface area contributed by atoms with Crippen molar-refractivity contribution in [3.63, 3.8) is 0 Å². The molecule has 1 heterocycles. The van der Waals surface area contributed by atoms with E-state index in [1.807, 2.05) is 0 Å². The normalized spacial score (nSPS) is 27.6. The van der Waals surface area contributed by atoms with Crippen molar-refractivity contribution in [1.82, 2.24) is 0 Å². The summed E-state index contributed by atoms with van der Waals surface area (Å²) >= 11 is 0. The number of fused-ring (bicyclic) bond motifs is 3. The molecule has 1 nitrogen and oxygen atoms in total. The van der Waals surface area contributed by atoms with Crippen molar-refractivity contribution >= 4 is 13.8 Å². The van der Waals surface area contributed by atoms with Gasteiger partial charge >= 0.3 is 0 Å². The maximum Gasteiger partial charge on any atom is 0.0530 e. The number of hydrogen-bond donors (Lipinski definition) is 0. The third-order valence-corrected chi connectivity index (χ3v) is 6.56. The molecule has 0 amide bonds. The van der Waals surface area contributed by atoms with Gasteiger partial charge in [-0.15, -0.1) is 0 Å². The van der Waals surface area contributed by atoms with Crippen LogP contribution in [0.25, 0.3) is 0 Å². The lowest BCUT2D eigenvalue weighted by atomic mass is 10.0. The summed E-state index contributed by atoms with van der Waals surface area (Å²) in [7, 11) is -1.14. The fourth-order valence-electron chi connectivity index (χ4n) is 3.48. The van der Waals surface area contributed by atoms with Crippen LogP contribution < -0.4 is 0 Å². The van der Waals surface area contributed by atoms with Gasteiger partial charge < -0.3 is 0 Å². The number of benzene rings is 1. The molecule has 1 aliphatic heterocycles. The Bertz CT molecular complexity index is 456. The van der Waals surface area contributed by atoms with E-state index in [0.29, 0.717) is 0 Å². The second-order valence-electron chi connectivity index (χ2n) is 6.09. The first-order chi connectivity index (χ1) is 7.59. The maximum absolute atomic E-state index is 4.74. The van der Waals surface area contributed by atoms with Gasteiger partial charge in [0.2, 0.25) is 0 Å². The minimum Gasteiger partial charge on any atom is -0.289 e. The van der Waals surface area contributed by atoms with Gasteiger partial charge in [-0.05, 0) is 23.1 Å². The summed E-state index contributed by atoms with van der Waals surface area (Å²) in [6.07, 6.45) is 1.28. The van der Waals surface area contributed by atoms with Gasteiger partial charge in [-0.1, -0.05) is 43.9 Å². The van der Waals surface area contributed by atoms with E-state index in [2.05, 4.69) is 43.9 Å². The molecule has 1 aromatic carbocycles.